The van der Waals surface area contributed by atoms with E-state index in [0.29, 0.717) is 12.1 Å². The Balaban J connectivity index is 2.86. The number of carbonyl (C=O) groups is 1. The fourth-order valence-corrected chi connectivity index (χ4v) is 2.04. The Hall–Kier alpha value is -1.35. The van der Waals surface area contributed by atoms with Gasteiger partial charge >= 0.3 is 6.18 Å². The maximum absolute atomic E-state index is 13.1. The summed E-state index contributed by atoms with van der Waals surface area (Å²) in [7, 11) is 0.744. The van der Waals surface area contributed by atoms with E-state index in [1.165, 1.54) is 0 Å². The largest absolute Gasteiger partial charge is 0.390 e. The van der Waals surface area contributed by atoms with Crippen LogP contribution in [0.1, 0.15) is 16.8 Å². The second kappa shape index (κ2) is 5.96. The molecule has 0 bridgehead atoms. The minimum absolute atomic E-state index is 0.439. The summed E-state index contributed by atoms with van der Waals surface area (Å²) >= 11 is 0. The van der Waals surface area contributed by atoms with Crippen LogP contribution >= 0.6 is 10.7 Å². The van der Waals surface area contributed by atoms with Crippen molar-refractivity contribution in [3.63, 3.8) is 0 Å². The molecule has 1 aromatic rings. The van der Waals surface area contributed by atoms with Gasteiger partial charge in [-0.25, -0.2) is 12.8 Å². The summed E-state index contributed by atoms with van der Waals surface area (Å²) in [6, 6.07) is 2.05. The van der Waals surface area contributed by atoms with Crippen molar-refractivity contribution in [2.75, 3.05) is 6.54 Å². The molecule has 1 rings (SSSR count). The summed E-state index contributed by atoms with van der Waals surface area (Å²) < 4.78 is 70.8. The lowest BCUT2D eigenvalue weighted by molar-refractivity contribution is -0.132. The number of amides is 1. The molecule has 0 saturated heterocycles. The predicted octanol–water partition coefficient (Wildman–Crippen LogP) is 2.44. The van der Waals surface area contributed by atoms with Crippen molar-refractivity contribution in [1.82, 2.24) is 5.32 Å². The van der Waals surface area contributed by atoms with Gasteiger partial charge < -0.3 is 5.32 Å². The van der Waals surface area contributed by atoms with Crippen LogP contribution in [0.3, 0.4) is 0 Å². The first-order chi connectivity index (χ1) is 8.99. The topological polar surface area (TPSA) is 63.2 Å². The van der Waals surface area contributed by atoms with Crippen LogP contribution in [0.5, 0.6) is 0 Å². The van der Waals surface area contributed by atoms with Gasteiger partial charge in [0.1, 0.15) is 5.82 Å². The average molecular weight is 334 g/mol. The van der Waals surface area contributed by atoms with Crippen LogP contribution in [0, 0.1) is 5.82 Å². The van der Waals surface area contributed by atoms with Crippen molar-refractivity contribution < 1.29 is 30.8 Å². The lowest BCUT2D eigenvalue weighted by Crippen LogP contribution is -2.28. The lowest BCUT2D eigenvalue weighted by Gasteiger charge is -2.08. The Morgan fingerprint density at radius 2 is 1.85 bits per heavy atom. The third-order valence-corrected chi connectivity index (χ3v) is 3.44. The fraction of sp³-hybridized carbons (Fsp3) is 0.300. The van der Waals surface area contributed by atoms with Gasteiger partial charge in [-0.2, -0.15) is 13.2 Å². The van der Waals surface area contributed by atoms with E-state index in [1.54, 1.807) is 0 Å². The first-order valence-corrected chi connectivity index (χ1v) is 7.40. The molecule has 0 aliphatic heterocycles. The molecule has 1 N–H and O–H groups in total. The quantitative estimate of drug-likeness (QED) is 0.680. The van der Waals surface area contributed by atoms with Gasteiger partial charge in [-0.1, -0.05) is 0 Å². The van der Waals surface area contributed by atoms with Crippen molar-refractivity contribution in [3.8, 4) is 0 Å². The number of nitrogens with one attached hydrogen (secondary N) is 1. The maximum Gasteiger partial charge on any atom is 0.390 e. The normalized spacial score (nSPS) is 12.2. The molecule has 112 valence electrons. The maximum atomic E-state index is 13.1. The molecule has 0 heterocycles. The lowest BCUT2D eigenvalue weighted by atomic mass is 10.2. The number of alkyl halides is 3. The Labute approximate surface area is 116 Å². The highest BCUT2D eigenvalue weighted by molar-refractivity contribution is 8.13. The zero-order chi connectivity index (χ0) is 15.6. The molecule has 1 amide bonds. The van der Waals surface area contributed by atoms with E-state index in [9.17, 15) is 30.8 Å². The molecule has 0 unspecified atom stereocenters. The first-order valence-electron chi connectivity index (χ1n) is 5.09. The molecule has 20 heavy (non-hydrogen) atoms. The Morgan fingerprint density at radius 1 is 1.25 bits per heavy atom. The Kier molecular flexibility index (Phi) is 4.98. The zero-order valence-corrected chi connectivity index (χ0v) is 11.2. The molecule has 0 spiro atoms. The smallest absolute Gasteiger partial charge is 0.352 e. The summed E-state index contributed by atoms with van der Waals surface area (Å²) in [5, 5.41) is 1.90. The van der Waals surface area contributed by atoms with Crippen molar-refractivity contribution in [2.45, 2.75) is 17.5 Å². The van der Waals surface area contributed by atoms with Crippen molar-refractivity contribution in [1.29, 1.82) is 0 Å². The Bertz CT molecular complexity index is 615. The Morgan fingerprint density at radius 3 is 2.35 bits per heavy atom. The van der Waals surface area contributed by atoms with E-state index in [-0.39, 0.29) is 0 Å². The molecule has 0 aromatic heterocycles. The number of carbonyl (C=O) groups excluding carboxylic acids is 1. The summed E-state index contributed by atoms with van der Waals surface area (Å²) in [6.07, 6.45) is -5.70. The van der Waals surface area contributed by atoms with Gasteiger partial charge in [0.2, 0.25) is 0 Å². The summed E-state index contributed by atoms with van der Waals surface area (Å²) in [4.78, 5) is 10.8. The number of hydrogen-bond acceptors (Lipinski definition) is 3. The standard InChI is InChI=1S/C10H8ClF4NO3S/c11-20(18,19)8-4-6(3-7(12)5-8)9(17)16-2-1-10(13,14)15/h3-5H,1-2H2,(H,16,17). The molecule has 1 aromatic carbocycles. The van der Waals surface area contributed by atoms with Crippen molar-refractivity contribution in [3.05, 3.63) is 29.6 Å². The molecule has 0 saturated carbocycles. The highest BCUT2D eigenvalue weighted by Gasteiger charge is 2.26. The highest BCUT2D eigenvalue weighted by Crippen LogP contribution is 2.20. The number of halogens is 5. The van der Waals surface area contributed by atoms with Gasteiger partial charge in [0.25, 0.3) is 15.0 Å². The molecule has 10 heteroatoms. The zero-order valence-electron chi connectivity index (χ0n) is 9.67. The van der Waals surface area contributed by atoms with Gasteiger partial charge in [-0.3, -0.25) is 4.79 Å². The summed E-state index contributed by atoms with van der Waals surface area (Å²) in [5.41, 5.74) is -0.439. The number of benzene rings is 1. The van der Waals surface area contributed by atoms with E-state index in [2.05, 4.69) is 0 Å². The van der Waals surface area contributed by atoms with Crippen LogP contribution in [0.15, 0.2) is 23.1 Å². The second-order valence-corrected chi connectivity index (χ2v) is 6.30. The SMILES string of the molecule is O=C(NCCC(F)(F)F)c1cc(F)cc(S(=O)(=O)Cl)c1. The van der Waals surface area contributed by atoms with Gasteiger partial charge in [0.15, 0.2) is 0 Å². The van der Waals surface area contributed by atoms with Gasteiger partial charge in [-0.05, 0) is 18.2 Å². The first kappa shape index (κ1) is 16.7. The minimum atomic E-state index is -4.44. The van der Waals surface area contributed by atoms with Gasteiger partial charge in [0, 0.05) is 22.8 Å². The van der Waals surface area contributed by atoms with E-state index < -0.39 is 50.4 Å². The second-order valence-electron chi connectivity index (χ2n) is 3.73. The van der Waals surface area contributed by atoms with Crippen LogP contribution < -0.4 is 5.32 Å². The summed E-state index contributed by atoms with van der Waals surface area (Å²) in [5.74, 6) is -2.08. The third-order valence-electron chi connectivity index (χ3n) is 2.11. The van der Waals surface area contributed by atoms with Crippen LogP contribution in [0.2, 0.25) is 0 Å². The van der Waals surface area contributed by atoms with Crippen LogP contribution in [-0.2, 0) is 9.05 Å². The van der Waals surface area contributed by atoms with Crippen molar-refractivity contribution in [2.24, 2.45) is 0 Å². The van der Waals surface area contributed by atoms with Crippen molar-refractivity contribution >= 4 is 25.6 Å². The fourth-order valence-electron chi connectivity index (χ4n) is 1.25. The van der Waals surface area contributed by atoms with Gasteiger partial charge in [0.05, 0.1) is 11.3 Å². The molecule has 0 fully saturated rings. The summed E-state index contributed by atoms with van der Waals surface area (Å²) in [6.45, 7) is -0.707. The molecule has 0 aliphatic rings. The van der Waals surface area contributed by atoms with Crippen LogP contribution in [0.25, 0.3) is 0 Å². The van der Waals surface area contributed by atoms with Crippen LogP contribution in [-0.4, -0.2) is 27.0 Å². The molecular weight excluding hydrogens is 326 g/mol. The van der Waals surface area contributed by atoms with E-state index in [0.717, 1.165) is 6.07 Å². The van der Waals surface area contributed by atoms with Crippen LogP contribution in [0.4, 0.5) is 17.6 Å². The third kappa shape index (κ3) is 5.33. The minimum Gasteiger partial charge on any atom is -0.352 e. The molecule has 0 radical (unpaired) electrons. The monoisotopic (exact) mass is 333 g/mol. The van der Waals surface area contributed by atoms with E-state index >= 15 is 0 Å². The van der Waals surface area contributed by atoms with E-state index in [1.807, 2.05) is 5.32 Å². The van der Waals surface area contributed by atoms with E-state index in [4.69, 9.17) is 10.7 Å². The number of hydrogen-bond donors (Lipinski definition) is 1. The molecule has 4 nitrogen and oxygen atoms in total. The molecule has 0 aliphatic carbocycles. The predicted molar refractivity (Wildman–Crippen MR) is 62.4 cm³/mol. The average Bonchev–Trinajstić information content (AvgIpc) is 2.25. The number of rotatable bonds is 4. The highest BCUT2D eigenvalue weighted by atomic mass is 35.7. The van der Waals surface area contributed by atoms with Gasteiger partial charge in [-0.15, -0.1) is 0 Å². The molecule has 0 atom stereocenters. The molecular formula is C10H8ClF4NO3S.